The molecule has 1 aliphatic rings. The van der Waals surface area contributed by atoms with Gasteiger partial charge in [0, 0.05) is 25.0 Å². The first-order chi connectivity index (χ1) is 20.3. The van der Waals surface area contributed by atoms with Crippen LogP contribution in [-0.2, 0) is 23.2 Å². The number of hydrogen-bond acceptors (Lipinski definition) is 5. The number of anilines is 1. The highest BCUT2D eigenvalue weighted by Gasteiger charge is 2.30. The summed E-state index contributed by atoms with van der Waals surface area (Å²) in [5.74, 6) is 6.55. The van der Waals surface area contributed by atoms with Gasteiger partial charge in [0.1, 0.15) is 6.54 Å². The van der Waals surface area contributed by atoms with Gasteiger partial charge in [-0.3, -0.25) is 14.7 Å². The van der Waals surface area contributed by atoms with Crippen molar-refractivity contribution < 1.29 is 18.0 Å². The second kappa shape index (κ2) is 13.5. The van der Waals surface area contributed by atoms with Gasteiger partial charge >= 0.3 is 6.18 Å². The second-order valence-corrected chi connectivity index (χ2v) is 12.0. The first kappa shape index (κ1) is 31.9. The Kier molecular flexibility index (Phi) is 10.0. The zero-order chi connectivity index (χ0) is 31.2. The number of carbonyl (C=O) groups excluding carboxylic acids is 1. The number of alkyl halides is 3. The molecule has 1 amide bonds. The van der Waals surface area contributed by atoms with Gasteiger partial charge in [0.05, 0.1) is 47.8 Å². The average Bonchev–Trinajstić information content (AvgIpc) is 3.29. The minimum atomic E-state index is -4.38. The van der Waals surface area contributed by atoms with Crippen LogP contribution in [0.5, 0.6) is 0 Å². The van der Waals surface area contributed by atoms with E-state index in [1.165, 1.54) is 4.57 Å². The van der Waals surface area contributed by atoms with Crippen molar-refractivity contribution in [3.8, 4) is 17.9 Å². The van der Waals surface area contributed by atoms with Crippen molar-refractivity contribution in [3.63, 3.8) is 0 Å². The first-order valence-corrected chi connectivity index (χ1v) is 14.6. The van der Waals surface area contributed by atoms with Crippen molar-refractivity contribution in [2.45, 2.75) is 57.7 Å². The molecule has 0 unspecified atom stereocenters. The molecule has 43 heavy (non-hydrogen) atoms. The van der Waals surface area contributed by atoms with Crippen LogP contribution in [0.3, 0.4) is 0 Å². The van der Waals surface area contributed by atoms with Crippen LogP contribution in [0.25, 0.3) is 10.9 Å². The third-order valence-corrected chi connectivity index (χ3v) is 7.99. The number of nitrogens with zero attached hydrogens (tertiary/aromatic N) is 5. The molecule has 0 bridgehead atoms. The maximum atomic E-state index is 13.5. The quantitative estimate of drug-likeness (QED) is 0.328. The Balaban J connectivity index is 1.40. The zero-order valence-electron chi connectivity index (χ0n) is 25.3. The summed E-state index contributed by atoms with van der Waals surface area (Å²) < 4.78 is 41.7. The van der Waals surface area contributed by atoms with E-state index in [9.17, 15) is 23.2 Å². The summed E-state index contributed by atoms with van der Waals surface area (Å²) >= 11 is 0. The van der Waals surface area contributed by atoms with Gasteiger partial charge in [0.2, 0.25) is 5.91 Å². The molecule has 3 heterocycles. The molecule has 228 valence electrons. The van der Waals surface area contributed by atoms with E-state index in [-0.39, 0.29) is 12.5 Å². The standard InChI is InChI=1S/C33H39F3N6O/c1-32(2,22-37)30-12-10-27(20-39-30)38-15-5-6-28-19-26-18-25(9-11-29(26)42(28)23-33(34,35)36)8-7-24-13-16-41(17-14-24)21-31(43)40(3)4/h9-12,18-20,24,38H,7-8,13-17,21,23H2,1-4H3. The normalized spacial score (nSPS) is 14.7. The van der Waals surface area contributed by atoms with E-state index >= 15 is 0 Å². The van der Waals surface area contributed by atoms with Crippen LogP contribution in [0, 0.1) is 29.1 Å². The first-order valence-electron chi connectivity index (χ1n) is 14.6. The van der Waals surface area contributed by atoms with Crippen molar-refractivity contribution in [2.75, 3.05) is 45.6 Å². The number of nitrogens with one attached hydrogen (secondary N) is 1. The molecule has 1 N–H and O–H groups in total. The summed E-state index contributed by atoms with van der Waals surface area (Å²) in [6, 6.07) is 13.2. The van der Waals surface area contributed by atoms with Crippen molar-refractivity contribution in [3.05, 3.63) is 59.5 Å². The minimum absolute atomic E-state index is 0.119. The Morgan fingerprint density at radius 2 is 1.88 bits per heavy atom. The number of amides is 1. The number of pyridine rings is 1. The number of fused-ring (bicyclic) bond motifs is 1. The van der Waals surface area contributed by atoms with Crippen molar-refractivity contribution >= 4 is 22.5 Å². The molecule has 0 spiro atoms. The molecule has 0 atom stereocenters. The number of carbonyl (C=O) groups is 1. The second-order valence-electron chi connectivity index (χ2n) is 12.0. The van der Waals surface area contributed by atoms with Crippen molar-refractivity contribution in [2.24, 2.45) is 5.92 Å². The van der Waals surface area contributed by atoms with E-state index in [0.29, 0.717) is 35.1 Å². The number of nitriles is 1. The summed E-state index contributed by atoms with van der Waals surface area (Å²) in [4.78, 5) is 20.2. The predicted octanol–water partition coefficient (Wildman–Crippen LogP) is 5.60. The van der Waals surface area contributed by atoms with Gasteiger partial charge in [-0.25, -0.2) is 0 Å². The van der Waals surface area contributed by atoms with Crippen LogP contribution >= 0.6 is 0 Å². The summed E-state index contributed by atoms with van der Waals surface area (Å²) in [5.41, 5.74) is 2.59. The average molecular weight is 593 g/mol. The molecule has 1 fully saturated rings. The Morgan fingerprint density at radius 1 is 1.14 bits per heavy atom. The van der Waals surface area contributed by atoms with E-state index in [1.54, 1.807) is 63.3 Å². The predicted molar refractivity (Wildman–Crippen MR) is 162 cm³/mol. The molecule has 2 aromatic heterocycles. The van der Waals surface area contributed by atoms with E-state index in [0.717, 1.165) is 49.7 Å². The molecule has 10 heteroatoms. The highest BCUT2D eigenvalue weighted by atomic mass is 19.4. The van der Waals surface area contributed by atoms with Gasteiger partial charge in [0.25, 0.3) is 0 Å². The molecule has 1 aliphatic heterocycles. The number of halogens is 3. The lowest BCUT2D eigenvalue weighted by molar-refractivity contribution is -0.140. The molecule has 3 aromatic rings. The van der Waals surface area contributed by atoms with Crippen LogP contribution in [0.2, 0.25) is 0 Å². The Hall–Kier alpha value is -4.02. The smallest absolute Gasteiger partial charge is 0.373 e. The fourth-order valence-corrected chi connectivity index (χ4v) is 5.27. The van der Waals surface area contributed by atoms with Gasteiger partial charge in [-0.05, 0) is 100 Å². The number of rotatable bonds is 9. The maximum Gasteiger partial charge on any atom is 0.406 e. The van der Waals surface area contributed by atoms with Crippen molar-refractivity contribution in [1.82, 2.24) is 19.4 Å². The molecule has 1 saturated heterocycles. The number of likely N-dealkylation sites (tertiary alicyclic amines) is 1. The number of benzene rings is 1. The Bertz CT molecular complexity index is 1510. The van der Waals surface area contributed by atoms with Crippen LogP contribution in [0.1, 0.15) is 50.1 Å². The molecule has 0 aliphatic carbocycles. The maximum absolute atomic E-state index is 13.5. The molecule has 0 radical (unpaired) electrons. The molecule has 0 saturated carbocycles. The van der Waals surface area contributed by atoms with E-state index in [2.05, 4.69) is 33.1 Å². The van der Waals surface area contributed by atoms with Gasteiger partial charge in [-0.15, -0.1) is 0 Å². The fourth-order valence-electron chi connectivity index (χ4n) is 5.27. The number of aromatic nitrogens is 2. The number of likely N-dealkylation sites (N-methyl/N-ethyl adjacent to an activating group) is 1. The lowest BCUT2D eigenvalue weighted by atomic mass is 9.90. The Labute approximate surface area is 251 Å². The fraction of sp³-hybridized carbons (Fsp3) is 0.485. The summed E-state index contributed by atoms with van der Waals surface area (Å²) in [6.45, 7) is 4.97. The minimum Gasteiger partial charge on any atom is -0.373 e. The topological polar surface area (TPSA) is 77.2 Å². The van der Waals surface area contributed by atoms with Gasteiger partial charge in [-0.2, -0.15) is 18.4 Å². The SMILES string of the molecule is CN(C)C(=O)CN1CCC(CCc2ccc3c(c2)cc(C#CCNc2ccc(C(C)(C)C#N)nc2)n3CC(F)(F)F)CC1. The van der Waals surface area contributed by atoms with Gasteiger partial charge < -0.3 is 14.8 Å². The van der Waals surface area contributed by atoms with Gasteiger partial charge in [0.15, 0.2) is 0 Å². The van der Waals surface area contributed by atoms with E-state index in [1.807, 2.05) is 12.1 Å². The summed E-state index contributed by atoms with van der Waals surface area (Å²) in [7, 11) is 3.55. The largest absolute Gasteiger partial charge is 0.406 e. The van der Waals surface area contributed by atoms with Crippen LogP contribution in [-0.4, -0.2) is 71.7 Å². The lowest BCUT2D eigenvalue weighted by Gasteiger charge is -2.32. The number of piperidine rings is 1. The molecule has 1 aromatic carbocycles. The third kappa shape index (κ3) is 8.75. The lowest BCUT2D eigenvalue weighted by Crippen LogP contribution is -2.41. The molecular formula is C33H39F3N6O. The van der Waals surface area contributed by atoms with Crippen LogP contribution in [0.15, 0.2) is 42.6 Å². The summed E-state index contributed by atoms with van der Waals surface area (Å²) in [6.07, 6.45) is 1.18. The highest BCUT2D eigenvalue weighted by Crippen LogP contribution is 2.28. The summed E-state index contributed by atoms with van der Waals surface area (Å²) in [5, 5.41) is 13.1. The third-order valence-electron chi connectivity index (χ3n) is 7.99. The number of aryl methyl sites for hydroxylation is 1. The molecular weight excluding hydrogens is 553 g/mol. The van der Waals surface area contributed by atoms with Crippen LogP contribution in [0.4, 0.5) is 18.9 Å². The monoisotopic (exact) mass is 592 g/mol. The molecule has 4 rings (SSSR count). The highest BCUT2D eigenvalue weighted by molar-refractivity contribution is 5.83. The van der Waals surface area contributed by atoms with Crippen LogP contribution < -0.4 is 5.32 Å². The Morgan fingerprint density at radius 3 is 2.51 bits per heavy atom. The number of hydrogen-bond donors (Lipinski definition) is 1. The van der Waals surface area contributed by atoms with E-state index < -0.39 is 18.1 Å². The van der Waals surface area contributed by atoms with Gasteiger partial charge in [-0.1, -0.05) is 12.0 Å². The van der Waals surface area contributed by atoms with E-state index in [4.69, 9.17) is 0 Å². The zero-order valence-corrected chi connectivity index (χ0v) is 25.3. The molecule has 7 nitrogen and oxygen atoms in total. The van der Waals surface area contributed by atoms with Crippen molar-refractivity contribution in [1.29, 1.82) is 5.26 Å².